The molecule has 0 saturated carbocycles. The van der Waals surface area contributed by atoms with E-state index in [1.54, 1.807) is 23.2 Å². The molecule has 5 rings (SSSR count). The van der Waals surface area contributed by atoms with E-state index in [0.29, 0.717) is 62.1 Å². The second-order valence-electron chi connectivity index (χ2n) is 10.3. The third-order valence-corrected chi connectivity index (χ3v) is 8.28. The number of β-amino-alcohol motifs (C(OH)–C–C–N with tert-alkyl or cyclic N) is 1. The van der Waals surface area contributed by atoms with E-state index in [4.69, 9.17) is 14.7 Å². The summed E-state index contributed by atoms with van der Waals surface area (Å²) in [6.07, 6.45) is 4.62. The largest absolute Gasteiger partial charge is 0.493 e. The molecule has 0 radical (unpaired) electrons. The highest BCUT2D eigenvalue weighted by molar-refractivity contribution is 7.17. The number of methoxy groups -OCH3 is 1. The van der Waals surface area contributed by atoms with E-state index in [9.17, 15) is 23.5 Å². The molecule has 3 aromatic rings. The summed E-state index contributed by atoms with van der Waals surface area (Å²) in [4.78, 5) is 44.4. The van der Waals surface area contributed by atoms with Crippen LogP contribution in [0.25, 0.3) is 11.3 Å². The number of nitrogens with one attached hydrogen (secondary N) is 2. The summed E-state index contributed by atoms with van der Waals surface area (Å²) in [5, 5.41) is 15.5. The maximum atomic E-state index is 13.9. The number of carbonyl (C=O) groups is 2. The molecule has 5 heterocycles. The van der Waals surface area contributed by atoms with E-state index in [1.807, 2.05) is 11.0 Å². The number of ether oxygens (including phenoxy) is 1. The number of rotatable bonds is 11. The molecule has 2 saturated heterocycles. The summed E-state index contributed by atoms with van der Waals surface area (Å²) >= 11 is 0.937. The van der Waals surface area contributed by atoms with Gasteiger partial charge in [-0.3, -0.25) is 9.59 Å². The van der Waals surface area contributed by atoms with Crippen molar-refractivity contribution in [2.24, 2.45) is 0 Å². The van der Waals surface area contributed by atoms with Crippen LogP contribution in [0.4, 0.5) is 31.2 Å². The zero-order valence-electron chi connectivity index (χ0n) is 25.0. The third-order valence-electron chi connectivity index (χ3n) is 7.37. The molecule has 46 heavy (non-hydrogen) atoms. The van der Waals surface area contributed by atoms with Gasteiger partial charge >= 0.3 is 0 Å². The van der Waals surface area contributed by atoms with Crippen LogP contribution in [0.5, 0.6) is 5.75 Å². The van der Waals surface area contributed by atoms with Crippen molar-refractivity contribution in [1.82, 2.24) is 25.2 Å². The van der Waals surface area contributed by atoms with Gasteiger partial charge in [0.2, 0.25) is 5.91 Å². The number of aliphatic hydroxyl groups is 1. The van der Waals surface area contributed by atoms with Gasteiger partial charge in [0.15, 0.2) is 22.5 Å². The number of amides is 2. The molecule has 240 valence electrons. The molecule has 0 bridgehead atoms. The van der Waals surface area contributed by atoms with Crippen molar-refractivity contribution in [1.29, 1.82) is 0 Å². The second-order valence-corrected chi connectivity index (χ2v) is 11.4. The monoisotopic (exact) mass is 650 g/mol. The molecule has 0 spiro atoms. The Bertz CT molecular complexity index is 1710. The minimum Gasteiger partial charge on any atom is -0.493 e. The summed E-state index contributed by atoms with van der Waals surface area (Å²) in [5.41, 5.74) is 1.40. The lowest BCUT2D eigenvalue weighted by atomic mass is 10.1. The standard InChI is InChI=1S/C31H32F2N8O4S/c1-5-21(33)27(18(3)32)37-30(44)25-15-35-31(46-25)38-28-24(45-4)8-7-22(36-28)19-13-23(41-16-20(42)17-41)29(34-14-19)40-11-9-39(10-12-40)26(43)6-2/h5-8,13-15,20,42H,1-3,9-12,16-17H2,4H3,(H,37,44)(H,35,36,38)/b27-21-. The van der Waals surface area contributed by atoms with Crippen LogP contribution in [0.2, 0.25) is 0 Å². The van der Waals surface area contributed by atoms with Crippen LogP contribution in [-0.4, -0.2) is 89.3 Å². The molecule has 0 unspecified atom stereocenters. The molecule has 3 aromatic heterocycles. The lowest BCUT2D eigenvalue weighted by Crippen LogP contribution is -2.52. The SMILES string of the molecule is C=CC(=O)N1CCN(c2ncc(-c3ccc(OC)c(Nc4ncc(C(=O)N/C(C(=C)F)=C(\F)C=C)s4)n3)cc2N2CC(O)C2)CC1. The zero-order valence-corrected chi connectivity index (χ0v) is 25.8. The van der Waals surface area contributed by atoms with E-state index >= 15 is 0 Å². The number of piperazine rings is 1. The van der Waals surface area contributed by atoms with Crippen LogP contribution in [0.3, 0.4) is 0 Å². The van der Waals surface area contributed by atoms with E-state index in [-0.39, 0.29) is 15.9 Å². The molecule has 2 amide bonds. The Hall–Kier alpha value is -5.15. The van der Waals surface area contributed by atoms with Gasteiger partial charge in [0.25, 0.3) is 5.91 Å². The third kappa shape index (κ3) is 6.89. The lowest BCUT2D eigenvalue weighted by molar-refractivity contribution is -0.126. The fraction of sp³-hybridized carbons (Fsp3) is 0.258. The highest BCUT2D eigenvalue weighted by atomic mass is 32.1. The number of aliphatic hydroxyl groups excluding tert-OH is 1. The van der Waals surface area contributed by atoms with Crippen molar-refractivity contribution in [3.05, 3.63) is 84.7 Å². The number of allylic oxidation sites excluding steroid dienone is 3. The fourth-order valence-electron chi connectivity index (χ4n) is 4.92. The number of hydrogen-bond acceptors (Lipinski definition) is 11. The quantitative estimate of drug-likeness (QED) is 0.207. The Balaban J connectivity index is 1.38. The predicted octanol–water partition coefficient (Wildman–Crippen LogP) is 3.95. The molecule has 2 aliphatic rings. The average Bonchev–Trinajstić information content (AvgIpc) is 3.53. The minimum absolute atomic E-state index is 0.0732. The summed E-state index contributed by atoms with van der Waals surface area (Å²) < 4.78 is 33.1. The Labute approximate surface area is 268 Å². The molecular formula is C31H32F2N8O4S. The van der Waals surface area contributed by atoms with Gasteiger partial charge in [0.05, 0.1) is 30.8 Å². The number of aromatic nitrogens is 3. The van der Waals surface area contributed by atoms with Crippen LogP contribution in [0.1, 0.15) is 9.67 Å². The Kier molecular flexibility index (Phi) is 9.72. The number of anilines is 4. The van der Waals surface area contributed by atoms with Gasteiger partial charge in [-0.1, -0.05) is 31.1 Å². The van der Waals surface area contributed by atoms with E-state index < -0.39 is 29.4 Å². The number of halogens is 2. The second kappa shape index (κ2) is 13.9. The molecule has 0 aromatic carbocycles. The molecule has 0 atom stereocenters. The van der Waals surface area contributed by atoms with Crippen molar-refractivity contribution < 1.29 is 28.2 Å². The maximum Gasteiger partial charge on any atom is 0.267 e. The molecule has 15 heteroatoms. The number of nitrogens with zero attached hydrogens (tertiary/aromatic N) is 6. The first-order valence-corrected chi connectivity index (χ1v) is 15.0. The molecule has 12 nitrogen and oxygen atoms in total. The lowest BCUT2D eigenvalue weighted by Gasteiger charge is -2.42. The van der Waals surface area contributed by atoms with E-state index in [0.717, 1.165) is 28.9 Å². The average molecular weight is 651 g/mol. The van der Waals surface area contributed by atoms with Gasteiger partial charge in [0.1, 0.15) is 22.2 Å². The smallest absolute Gasteiger partial charge is 0.267 e. The van der Waals surface area contributed by atoms with Crippen molar-refractivity contribution in [3.8, 4) is 17.0 Å². The number of carbonyl (C=O) groups excluding carboxylic acids is 2. The molecule has 3 N–H and O–H groups in total. The van der Waals surface area contributed by atoms with Crippen molar-refractivity contribution in [2.75, 3.05) is 61.5 Å². The molecule has 0 aliphatic carbocycles. The highest BCUT2D eigenvalue weighted by Gasteiger charge is 2.30. The summed E-state index contributed by atoms with van der Waals surface area (Å²) in [5.74, 6) is -1.64. The van der Waals surface area contributed by atoms with Crippen LogP contribution in [-0.2, 0) is 4.79 Å². The Morgan fingerprint density at radius 1 is 1.09 bits per heavy atom. The minimum atomic E-state index is -1.15. The van der Waals surface area contributed by atoms with Crippen LogP contribution >= 0.6 is 11.3 Å². The summed E-state index contributed by atoms with van der Waals surface area (Å²) in [6, 6.07) is 5.47. The Morgan fingerprint density at radius 3 is 2.46 bits per heavy atom. The number of thiazole rings is 1. The van der Waals surface area contributed by atoms with Gasteiger partial charge in [-0.2, -0.15) is 0 Å². The van der Waals surface area contributed by atoms with E-state index in [2.05, 4.69) is 40.3 Å². The van der Waals surface area contributed by atoms with Crippen LogP contribution in [0.15, 0.2) is 79.8 Å². The van der Waals surface area contributed by atoms with Crippen LogP contribution < -0.4 is 25.2 Å². The van der Waals surface area contributed by atoms with Crippen molar-refractivity contribution in [3.63, 3.8) is 0 Å². The van der Waals surface area contributed by atoms with Gasteiger partial charge < -0.3 is 35.2 Å². The molecule has 2 aliphatic heterocycles. The Morgan fingerprint density at radius 2 is 1.83 bits per heavy atom. The first-order valence-electron chi connectivity index (χ1n) is 14.2. The summed E-state index contributed by atoms with van der Waals surface area (Å²) in [7, 11) is 1.49. The number of pyridine rings is 2. The first kappa shape index (κ1) is 32.2. The van der Waals surface area contributed by atoms with Gasteiger partial charge in [-0.25, -0.2) is 23.7 Å². The van der Waals surface area contributed by atoms with Crippen molar-refractivity contribution in [2.45, 2.75) is 6.10 Å². The molecular weight excluding hydrogens is 618 g/mol. The van der Waals surface area contributed by atoms with E-state index in [1.165, 1.54) is 19.4 Å². The predicted molar refractivity (Wildman–Crippen MR) is 173 cm³/mol. The zero-order chi connectivity index (χ0) is 33.0. The van der Waals surface area contributed by atoms with Crippen LogP contribution in [0, 0.1) is 0 Å². The highest BCUT2D eigenvalue weighted by Crippen LogP contribution is 2.36. The normalized spacial score (nSPS) is 15.4. The van der Waals surface area contributed by atoms with Gasteiger partial charge in [0, 0.05) is 51.0 Å². The maximum absolute atomic E-state index is 13.9. The topological polar surface area (TPSA) is 136 Å². The van der Waals surface area contributed by atoms with Gasteiger partial charge in [-0.15, -0.1) is 0 Å². The van der Waals surface area contributed by atoms with Gasteiger partial charge in [-0.05, 0) is 30.4 Å². The summed E-state index contributed by atoms with van der Waals surface area (Å²) in [6.45, 7) is 13.1. The van der Waals surface area contributed by atoms with Crippen molar-refractivity contribution >= 4 is 45.6 Å². The fourth-order valence-corrected chi connectivity index (χ4v) is 5.63. The number of hydrogen-bond donors (Lipinski definition) is 3. The molecule has 2 fully saturated rings. The first-order chi connectivity index (χ1) is 22.1.